The van der Waals surface area contributed by atoms with E-state index < -0.39 is 0 Å². The van der Waals surface area contributed by atoms with Crippen molar-refractivity contribution in [1.29, 1.82) is 0 Å². The minimum atomic E-state index is -0.381. The van der Waals surface area contributed by atoms with E-state index in [1.54, 1.807) is 14.2 Å². The van der Waals surface area contributed by atoms with E-state index in [0.717, 1.165) is 13.1 Å². The smallest absolute Gasteiger partial charge is 0.353 e. The van der Waals surface area contributed by atoms with E-state index >= 15 is 0 Å². The quantitative estimate of drug-likeness (QED) is 0.404. The molecule has 1 saturated heterocycles. The fourth-order valence-corrected chi connectivity index (χ4v) is 3.95. The van der Waals surface area contributed by atoms with Crippen molar-refractivity contribution in [3.63, 3.8) is 0 Å². The predicted octanol–water partition coefficient (Wildman–Crippen LogP) is 2.43. The minimum absolute atomic E-state index is 0.0695. The van der Waals surface area contributed by atoms with Crippen LogP contribution in [0.3, 0.4) is 0 Å². The summed E-state index contributed by atoms with van der Waals surface area (Å²) in [4.78, 5) is 26.5. The Kier molecular flexibility index (Phi) is 8.18. The fraction of sp³-hybridized carbons (Fsp3) is 0.545. The van der Waals surface area contributed by atoms with Gasteiger partial charge >= 0.3 is 5.69 Å². The molecule has 1 aliphatic heterocycles. The highest BCUT2D eigenvalue weighted by Crippen LogP contribution is 2.35. The molecule has 3 rings (SSSR count). The Morgan fingerprint density at radius 2 is 1.66 bits per heavy atom. The van der Waals surface area contributed by atoms with Crippen molar-refractivity contribution in [1.82, 2.24) is 9.97 Å². The lowest BCUT2D eigenvalue weighted by Crippen LogP contribution is -2.47. The van der Waals surface area contributed by atoms with Crippen molar-refractivity contribution in [2.24, 2.45) is 0 Å². The van der Waals surface area contributed by atoms with E-state index in [1.165, 1.54) is 23.1 Å². The minimum Gasteiger partial charge on any atom is -0.383 e. The molecule has 0 atom stereocenters. The maximum absolute atomic E-state index is 12.1. The molecule has 1 aromatic carbocycles. The van der Waals surface area contributed by atoms with Crippen molar-refractivity contribution in [2.45, 2.75) is 13.8 Å². The number of methoxy groups -OCH3 is 2. The summed E-state index contributed by atoms with van der Waals surface area (Å²) >= 11 is 0. The molecular weight excluding hydrogens is 412 g/mol. The maximum atomic E-state index is 12.1. The summed E-state index contributed by atoms with van der Waals surface area (Å²) < 4.78 is 10.4. The molecule has 0 unspecified atom stereocenters. The SMILES string of the molecule is COCCN(CCOC)c1ncnc(N2CCN(c3cccc(C)c3C)CC2)c1[N+](=O)[O-]. The van der Waals surface area contributed by atoms with E-state index in [4.69, 9.17) is 9.47 Å². The van der Waals surface area contributed by atoms with Crippen LogP contribution < -0.4 is 14.7 Å². The van der Waals surface area contributed by atoms with Gasteiger partial charge < -0.3 is 24.2 Å². The van der Waals surface area contributed by atoms with Gasteiger partial charge in [-0.3, -0.25) is 10.1 Å². The Labute approximate surface area is 188 Å². The lowest BCUT2D eigenvalue weighted by atomic mass is 10.1. The third-order valence-corrected chi connectivity index (χ3v) is 5.89. The van der Waals surface area contributed by atoms with Crippen LogP contribution in [0.2, 0.25) is 0 Å². The van der Waals surface area contributed by atoms with Gasteiger partial charge in [-0.2, -0.15) is 0 Å². The van der Waals surface area contributed by atoms with Gasteiger partial charge in [0.1, 0.15) is 6.33 Å². The second-order valence-corrected chi connectivity index (χ2v) is 7.79. The first kappa shape index (κ1) is 23.7. The lowest BCUT2D eigenvalue weighted by molar-refractivity contribution is -0.383. The molecule has 32 heavy (non-hydrogen) atoms. The molecule has 174 valence electrons. The van der Waals surface area contributed by atoms with Crippen LogP contribution in [-0.2, 0) is 9.47 Å². The topological polar surface area (TPSA) is 97.1 Å². The van der Waals surface area contributed by atoms with Crippen LogP contribution >= 0.6 is 0 Å². The Hall–Kier alpha value is -2.98. The Morgan fingerprint density at radius 1 is 1.03 bits per heavy atom. The normalized spacial score (nSPS) is 14.0. The van der Waals surface area contributed by atoms with Gasteiger partial charge in [0.25, 0.3) is 0 Å². The first-order valence-electron chi connectivity index (χ1n) is 10.8. The van der Waals surface area contributed by atoms with Gasteiger partial charge in [-0.15, -0.1) is 0 Å². The lowest BCUT2D eigenvalue weighted by Gasteiger charge is -2.37. The number of aryl methyl sites for hydroxylation is 1. The molecule has 2 heterocycles. The number of piperazine rings is 1. The highest BCUT2D eigenvalue weighted by atomic mass is 16.6. The van der Waals surface area contributed by atoms with Crippen LogP contribution in [0.25, 0.3) is 0 Å². The second kappa shape index (κ2) is 11.1. The Bertz CT molecular complexity index is 909. The van der Waals surface area contributed by atoms with E-state index in [1.807, 2.05) is 9.80 Å². The number of aromatic nitrogens is 2. The molecule has 10 nitrogen and oxygen atoms in total. The van der Waals surface area contributed by atoms with Gasteiger partial charge in [0, 0.05) is 59.2 Å². The van der Waals surface area contributed by atoms with E-state index in [-0.39, 0.29) is 10.6 Å². The summed E-state index contributed by atoms with van der Waals surface area (Å²) in [6.45, 7) is 8.84. The van der Waals surface area contributed by atoms with Crippen molar-refractivity contribution < 1.29 is 14.4 Å². The summed E-state index contributed by atoms with van der Waals surface area (Å²) in [5.74, 6) is 0.659. The zero-order chi connectivity index (χ0) is 23.1. The van der Waals surface area contributed by atoms with Gasteiger partial charge in [0.2, 0.25) is 11.6 Å². The largest absolute Gasteiger partial charge is 0.383 e. The first-order chi connectivity index (χ1) is 15.5. The zero-order valence-electron chi connectivity index (χ0n) is 19.3. The van der Waals surface area contributed by atoms with Gasteiger partial charge in [0.15, 0.2) is 0 Å². The number of nitro groups is 1. The number of hydrogen-bond acceptors (Lipinski definition) is 9. The van der Waals surface area contributed by atoms with Crippen molar-refractivity contribution in [3.8, 4) is 0 Å². The monoisotopic (exact) mass is 444 g/mol. The number of benzene rings is 1. The molecular formula is C22H32N6O4. The molecule has 0 bridgehead atoms. The maximum Gasteiger partial charge on any atom is 0.353 e. The zero-order valence-corrected chi connectivity index (χ0v) is 19.3. The molecule has 0 saturated carbocycles. The molecule has 0 N–H and O–H groups in total. The van der Waals surface area contributed by atoms with Crippen LogP contribution in [-0.4, -0.2) is 81.6 Å². The predicted molar refractivity (Wildman–Crippen MR) is 125 cm³/mol. The van der Waals surface area contributed by atoms with E-state index in [9.17, 15) is 10.1 Å². The number of hydrogen-bond donors (Lipinski definition) is 0. The van der Waals surface area contributed by atoms with Crippen LogP contribution in [0.5, 0.6) is 0 Å². The van der Waals surface area contributed by atoms with Gasteiger partial charge in [-0.05, 0) is 31.0 Å². The molecule has 0 radical (unpaired) electrons. The summed E-state index contributed by atoms with van der Waals surface area (Å²) in [7, 11) is 3.20. The summed E-state index contributed by atoms with van der Waals surface area (Å²) in [6.07, 6.45) is 1.40. The summed E-state index contributed by atoms with van der Waals surface area (Å²) in [6, 6.07) is 6.31. The molecule has 2 aromatic rings. The summed E-state index contributed by atoms with van der Waals surface area (Å²) in [5, 5.41) is 12.1. The third-order valence-electron chi connectivity index (χ3n) is 5.89. The van der Waals surface area contributed by atoms with Gasteiger partial charge in [-0.1, -0.05) is 12.1 Å². The van der Waals surface area contributed by atoms with E-state index in [0.29, 0.717) is 51.0 Å². The molecule has 0 aliphatic carbocycles. The average Bonchev–Trinajstić information content (AvgIpc) is 2.80. The van der Waals surface area contributed by atoms with Gasteiger partial charge in [0.05, 0.1) is 18.1 Å². The molecule has 1 aliphatic rings. The number of ether oxygens (including phenoxy) is 2. The van der Waals surface area contributed by atoms with Crippen LogP contribution in [0.15, 0.2) is 24.5 Å². The number of anilines is 3. The number of nitrogens with zero attached hydrogens (tertiary/aromatic N) is 6. The van der Waals surface area contributed by atoms with Crippen LogP contribution in [0, 0.1) is 24.0 Å². The summed E-state index contributed by atoms with van der Waals surface area (Å²) in [5.41, 5.74) is 3.67. The molecule has 1 fully saturated rings. The Balaban J connectivity index is 1.84. The van der Waals surface area contributed by atoms with Crippen molar-refractivity contribution >= 4 is 23.0 Å². The third kappa shape index (κ3) is 5.25. The van der Waals surface area contributed by atoms with Gasteiger partial charge in [-0.25, -0.2) is 9.97 Å². The Morgan fingerprint density at radius 3 is 2.25 bits per heavy atom. The van der Waals surface area contributed by atoms with E-state index in [2.05, 4.69) is 46.9 Å². The van der Waals surface area contributed by atoms with Crippen molar-refractivity contribution in [2.75, 3.05) is 81.4 Å². The van der Waals surface area contributed by atoms with Crippen LogP contribution in [0.1, 0.15) is 11.1 Å². The first-order valence-corrected chi connectivity index (χ1v) is 10.8. The van der Waals surface area contributed by atoms with Crippen molar-refractivity contribution in [3.05, 3.63) is 45.8 Å². The number of rotatable bonds is 10. The average molecular weight is 445 g/mol. The van der Waals surface area contributed by atoms with Crippen LogP contribution in [0.4, 0.5) is 23.0 Å². The highest BCUT2D eigenvalue weighted by Gasteiger charge is 2.31. The standard InChI is InChI=1S/C22H32N6O4/c1-17-6-5-7-19(18(17)2)25-8-10-26(11-9-25)21-20(28(29)30)22(24-16-23-21)27(12-14-31-3)13-15-32-4/h5-7,16H,8-15H2,1-4H3. The molecule has 0 spiro atoms. The molecule has 10 heteroatoms. The fourth-order valence-electron chi connectivity index (χ4n) is 3.95. The molecule has 0 amide bonds. The highest BCUT2D eigenvalue weighted by molar-refractivity contribution is 5.72. The molecule has 1 aromatic heterocycles. The second-order valence-electron chi connectivity index (χ2n) is 7.79.